The van der Waals surface area contributed by atoms with E-state index in [0.717, 1.165) is 5.39 Å². The Morgan fingerprint density at radius 1 is 1.07 bits per heavy atom. The number of benzene rings is 2. The SMILES string of the molecule is O=C(O)c1c(O)ccc2ccccc12.[Zn]. The van der Waals surface area contributed by atoms with Gasteiger partial charge in [0.25, 0.3) is 0 Å². The van der Waals surface area contributed by atoms with Crippen LogP contribution in [0, 0.1) is 0 Å². The molecule has 0 bridgehead atoms. The Kier molecular flexibility index (Phi) is 3.43. The maximum absolute atomic E-state index is 10.9. The summed E-state index contributed by atoms with van der Waals surface area (Å²) in [5.74, 6) is -1.31. The molecule has 0 aromatic heterocycles. The first kappa shape index (κ1) is 11.7. The van der Waals surface area contributed by atoms with Crippen molar-refractivity contribution in [2.45, 2.75) is 0 Å². The van der Waals surface area contributed by atoms with Gasteiger partial charge >= 0.3 is 5.97 Å². The Morgan fingerprint density at radius 3 is 2.40 bits per heavy atom. The van der Waals surface area contributed by atoms with Crippen LogP contribution < -0.4 is 0 Å². The van der Waals surface area contributed by atoms with E-state index in [-0.39, 0.29) is 30.8 Å². The molecule has 2 aromatic carbocycles. The quantitative estimate of drug-likeness (QED) is 0.767. The first-order valence-electron chi connectivity index (χ1n) is 4.14. The molecule has 4 heteroatoms. The molecule has 0 aliphatic heterocycles. The molecule has 0 saturated heterocycles. The van der Waals surface area contributed by atoms with Crippen molar-refractivity contribution in [1.82, 2.24) is 0 Å². The standard InChI is InChI=1S/C11H8O3.Zn/c12-9-6-5-7-3-1-2-4-8(7)10(9)11(13)14;/h1-6,12H,(H,13,14);. The van der Waals surface area contributed by atoms with Crippen LogP contribution in [0.5, 0.6) is 5.75 Å². The Balaban J connectivity index is 0.00000112. The van der Waals surface area contributed by atoms with Crippen molar-refractivity contribution in [2.24, 2.45) is 0 Å². The van der Waals surface area contributed by atoms with Crippen LogP contribution in [-0.4, -0.2) is 16.2 Å². The molecule has 2 rings (SSSR count). The van der Waals surface area contributed by atoms with Gasteiger partial charge in [0.05, 0.1) is 0 Å². The number of fused-ring (bicyclic) bond motifs is 1. The summed E-state index contributed by atoms with van der Waals surface area (Å²) < 4.78 is 0. The van der Waals surface area contributed by atoms with Gasteiger partial charge < -0.3 is 10.2 Å². The average molecular weight is 254 g/mol. The van der Waals surface area contributed by atoms with Gasteiger partial charge in [-0.25, -0.2) is 4.79 Å². The summed E-state index contributed by atoms with van der Waals surface area (Å²) in [5.41, 5.74) is -0.0388. The monoisotopic (exact) mass is 252 g/mol. The van der Waals surface area contributed by atoms with Crippen molar-refractivity contribution in [2.75, 3.05) is 0 Å². The number of hydrogen-bond acceptors (Lipinski definition) is 2. The zero-order valence-electron chi connectivity index (χ0n) is 7.97. The number of aromatic carboxylic acids is 1. The van der Waals surface area contributed by atoms with E-state index in [1.807, 2.05) is 6.07 Å². The molecule has 0 saturated carbocycles. The third-order valence-corrected chi connectivity index (χ3v) is 2.12. The first-order chi connectivity index (χ1) is 6.70. The van der Waals surface area contributed by atoms with Crippen molar-refractivity contribution in [1.29, 1.82) is 0 Å². The van der Waals surface area contributed by atoms with Crippen molar-refractivity contribution in [3.63, 3.8) is 0 Å². The summed E-state index contributed by atoms with van der Waals surface area (Å²) in [5, 5.41) is 19.7. The normalized spacial score (nSPS) is 9.60. The molecule has 0 amide bonds. The van der Waals surface area contributed by atoms with E-state index < -0.39 is 5.97 Å². The molecule has 0 spiro atoms. The number of hydrogen-bond donors (Lipinski definition) is 2. The molecule has 0 atom stereocenters. The van der Waals surface area contributed by atoms with E-state index in [4.69, 9.17) is 5.11 Å². The number of carboxylic acid groups (broad SMARTS) is 1. The van der Waals surface area contributed by atoms with E-state index in [1.54, 1.807) is 24.3 Å². The largest absolute Gasteiger partial charge is 0.507 e. The number of aromatic hydroxyl groups is 1. The van der Waals surface area contributed by atoms with Crippen LogP contribution in [0.3, 0.4) is 0 Å². The van der Waals surface area contributed by atoms with E-state index in [2.05, 4.69) is 0 Å². The molecule has 0 aliphatic rings. The molecular formula is C11H8O3Zn. The fourth-order valence-electron chi connectivity index (χ4n) is 1.48. The van der Waals surface area contributed by atoms with Crippen LogP contribution in [0.2, 0.25) is 0 Å². The molecule has 2 N–H and O–H groups in total. The van der Waals surface area contributed by atoms with Crippen molar-refractivity contribution >= 4 is 16.7 Å². The Bertz CT molecular complexity index is 508. The third kappa shape index (κ3) is 2.00. The van der Waals surface area contributed by atoms with Gasteiger partial charge in [-0.15, -0.1) is 0 Å². The molecule has 0 aliphatic carbocycles. The molecule has 2 aromatic rings. The predicted octanol–water partition coefficient (Wildman–Crippen LogP) is 2.24. The minimum absolute atomic E-state index is 0. The average Bonchev–Trinajstić information content (AvgIpc) is 2.17. The van der Waals surface area contributed by atoms with Crippen LogP contribution >= 0.6 is 0 Å². The van der Waals surface area contributed by atoms with Crippen LogP contribution in [0.4, 0.5) is 0 Å². The van der Waals surface area contributed by atoms with E-state index in [0.29, 0.717) is 5.39 Å². The van der Waals surface area contributed by atoms with Gasteiger partial charge in [-0.05, 0) is 16.8 Å². The zero-order chi connectivity index (χ0) is 10.1. The topological polar surface area (TPSA) is 57.5 Å². The van der Waals surface area contributed by atoms with Crippen LogP contribution in [-0.2, 0) is 19.5 Å². The van der Waals surface area contributed by atoms with Gasteiger partial charge in [-0.3, -0.25) is 0 Å². The Hall–Kier alpha value is -1.41. The predicted molar refractivity (Wildman–Crippen MR) is 52.6 cm³/mol. The van der Waals surface area contributed by atoms with E-state index in [9.17, 15) is 9.90 Å². The smallest absolute Gasteiger partial charge is 0.340 e. The molecule has 3 nitrogen and oxygen atoms in total. The number of phenols is 1. The van der Waals surface area contributed by atoms with Crippen LogP contribution in [0.1, 0.15) is 10.4 Å². The molecule has 0 unspecified atom stereocenters. The van der Waals surface area contributed by atoms with Gasteiger partial charge in [-0.1, -0.05) is 30.3 Å². The minimum Gasteiger partial charge on any atom is -0.507 e. The summed E-state index contributed by atoms with van der Waals surface area (Å²) in [6.45, 7) is 0. The van der Waals surface area contributed by atoms with Crippen LogP contribution in [0.15, 0.2) is 36.4 Å². The minimum atomic E-state index is -1.11. The van der Waals surface area contributed by atoms with Crippen molar-refractivity contribution in [3.8, 4) is 5.75 Å². The van der Waals surface area contributed by atoms with Gasteiger partial charge in [-0.2, -0.15) is 0 Å². The summed E-state index contributed by atoms with van der Waals surface area (Å²) in [7, 11) is 0. The van der Waals surface area contributed by atoms with Crippen molar-refractivity contribution in [3.05, 3.63) is 42.0 Å². The third-order valence-electron chi connectivity index (χ3n) is 2.12. The molecule has 15 heavy (non-hydrogen) atoms. The molecule has 72 valence electrons. The van der Waals surface area contributed by atoms with Gasteiger partial charge in [0.2, 0.25) is 0 Å². The molecule has 0 heterocycles. The first-order valence-corrected chi connectivity index (χ1v) is 4.14. The second kappa shape index (κ2) is 4.41. The van der Waals surface area contributed by atoms with Gasteiger partial charge in [0, 0.05) is 19.5 Å². The number of carboxylic acids is 1. The van der Waals surface area contributed by atoms with Crippen molar-refractivity contribution < 1.29 is 34.5 Å². The second-order valence-corrected chi connectivity index (χ2v) is 2.99. The molecule has 0 radical (unpaired) electrons. The van der Waals surface area contributed by atoms with Crippen LogP contribution in [0.25, 0.3) is 10.8 Å². The van der Waals surface area contributed by atoms with Gasteiger partial charge in [0.15, 0.2) is 0 Å². The maximum Gasteiger partial charge on any atom is 0.340 e. The molecule has 0 fully saturated rings. The Morgan fingerprint density at radius 2 is 1.73 bits per heavy atom. The summed E-state index contributed by atoms with van der Waals surface area (Å²) in [6, 6.07) is 10.1. The number of carbonyl (C=O) groups is 1. The summed E-state index contributed by atoms with van der Waals surface area (Å²) in [6.07, 6.45) is 0. The number of rotatable bonds is 1. The summed E-state index contributed by atoms with van der Waals surface area (Å²) in [4.78, 5) is 10.9. The van der Waals surface area contributed by atoms with E-state index in [1.165, 1.54) is 6.07 Å². The maximum atomic E-state index is 10.9. The zero-order valence-corrected chi connectivity index (χ0v) is 10.9. The second-order valence-electron chi connectivity index (χ2n) is 2.99. The fourth-order valence-corrected chi connectivity index (χ4v) is 1.48. The van der Waals surface area contributed by atoms with E-state index >= 15 is 0 Å². The fraction of sp³-hybridized carbons (Fsp3) is 0. The molecular weight excluding hydrogens is 246 g/mol. The summed E-state index contributed by atoms with van der Waals surface area (Å²) >= 11 is 0. The van der Waals surface area contributed by atoms with Gasteiger partial charge in [0.1, 0.15) is 11.3 Å². The Labute approximate surface area is 99.1 Å².